The van der Waals surface area contributed by atoms with Crippen LogP contribution in [0.1, 0.15) is 12.5 Å². The third-order valence-corrected chi connectivity index (χ3v) is 2.63. The predicted molar refractivity (Wildman–Crippen MR) is 69.4 cm³/mol. The number of nitro benzene ring substituents is 1. The number of benzene rings is 1. The number of ether oxygens (including phenoxy) is 3. The van der Waals surface area contributed by atoms with Crippen molar-refractivity contribution >= 4 is 17.7 Å². The molecule has 8 heteroatoms. The Bertz CT molecular complexity index is 674. The smallest absolute Gasteiger partial charge is 0.348 e. The number of fused-ring (bicyclic) bond motifs is 1. The van der Waals surface area contributed by atoms with Gasteiger partial charge < -0.3 is 14.2 Å². The summed E-state index contributed by atoms with van der Waals surface area (Å²) in [6.07, 6.45) is 1.10. The molecule has 0 saturated carbocycles. The molecule has 21 heavy (non-hydrogen) atoms. The van der Waals surface area contributed by atoms with Gasteiger partial charge in [0.2, 0.25) is 6.79 Å². The minimum atomic E-state index is -0.841. The van der Waals surface area contributed by atoms with E-state index in [1.54, 1.807) is 13.0 Å². The molecule has 0 fully saturated rings. The highest BCUT2D eigenvalue weighted by atomic mass is 16.7. The topological polar surface area (TPSA) is 112 Å². The van der Waals surface area contributed by atoms with Gasteiger partial charge in [0.05, 0.1) is 23.2 Å². The van der Waals surface area contributed by atoms with Gasteiger partial charge in [0, 0.05) is 0 Å². The zero-order chi connectivity index (χ0) is 15.4. The summed E-state index contributed by atoms with van der Waals surface area (Å²) in [4.78, 5) is 22.0. The van der Waals surface area contributed by atoms with Crippen molar-refractivity contribution < 1.29 is 23.9 Å². The van der Waals surface area contributed by atoms with E-state index in [1.807, 2.05) is 0 Å². The molecule has 1 aliphatic heterocycles. The summed E-state index contributed by atoms with van der Waals surface area (Å²) in [6, 6.07) is 4.19. The Morgan fingerprint density at radius 2 is 2.19 bits per heavy atom. The molecule has 0 amide bonds. The second kappa shape index (κ2) is 5.92. The third kappa shape index (κ3) is 2.92. The van der Waals surface area contributed by atoms with Crippen molar-refractivity contribution in [1.82, 2.24) is 0 Å². The number of esters is 1. The fourth-order valence-corrected chi connectivity index (χ4v) is 1.72. The molecule has 1 aromatic rings. The zero-order valence-electron chi connectivity index (χ0n) is 11.0. The van der Waals surface area contributed by atoms with E-state index in [9.17, 15) is 14.9 Å². The summed E-state index contributed by atoms with van der Waals surface area (Å²) in [5.41, 5.74) is -0.566. The number of carbonyl (C=O) groups is 1. The van der Waals surface area contributed by atoms with Gasteiger partial charge >= 0.3 is 5.97 Å². The molecule has 0 N–H and O–H groups in total. The molecule has 1 heterocycles. The van der Waals surface area contributed by atoms with Crippen LogP contribution in [-0.4, -0.2) is 24.3 Å². The number of nitro groups is 1. The summed E-state index contributed by atoms with van der Waals surface area (Å²) < 4.78 is 14.9. The van der Waals surface area contributed by atoms with Gasteiger partial charge in [-0.3, -0.25) is 10.1 Å². The first-order chi connectivity index (χ1) is 10.1. The molecule has 0 atom stereocenters. The second-order valence-electron chi connectivity index (χ2n) is 3.91. The van der Waals surface area contributed by atoms with Crippen LogP contribution in [0.4, 0.5) is 5.69 Å². The number of hydrogen-bond donors (Lipinski definition) is 0. The van der Waals surface area contributed by atoms with Crippen LogP contribution in [0.25, 0.3) is 6.08 Å². The van der Waals surface area contributed by atoms with E-state index in [1.165, 1.54) is 12.1 Å². The predicted octanol–water partition coefficient (Wildman–Crippen LogP) is 1.79. The van der Waals surface area contributed by atoms with Gasteiger partial charge in [-0.15, -0.1) is 0 Å². The largest absolute Gasteiger partial charge is 0.462 e. The molecule has 8 nitrogen and oxygen atoms in total. The van der Waals surface area contributed by atoms with Crippen LogP contribution in [0.15, 0.2) is 17.7 Å². The number of hydrogen-bond acceptors (Lipinski definition) is 7. The van der Waals surface area contributed by atoms with Crippen LogP contribution in [0.3, 0.4) is 0 Å². The normalized spacial score (nSPS) is 12.7. The Hall–Kier alpha value is -3.08. The Kier molecular flexibility index (Phi) is 4.04. The van der Waals surface area contributed by atoms with Crippen molar-refractivity contribution in [3.63, 3.8) is 0 Å². The number of rotatable bonds is 4. The van der Waals surface area contributed by atoms with Gasteiger partial charge in [0.15, 0.2) is 11.5 Å². The molecule has 0 saturated heterocycles. The molecule has 1 aliphatic rings. The van der Waals surface area contributed by atoms with Gasteiger partial charge in [-0.1, -0.05) is 0 Å². The average Bonchev–Trinajstić information content (AvgIpc) is 2.90. The first kappa shape index (κ1) is 14.3. The molecule has 0 bridgehead atoms. The van der Waals surface area contributed by atoms with E-state index in [2.05, 4.69) is 0 Å². The van der Waals surface area contributed by atoms with Crippen molar-refractivity contribution in [1.29, 1.82) is 5.26 Å². The zero-order valence-corrected chi connectivity index (χ0v) is 11.0. The first-order valence-electron chi connectivity index (χ1n) is 5.93. The maximum Gasteiger partial charge on any atom is 0.348 e. The van der Waals surface area contributed by atoms with Crippen LogP contribution in [0.2, 0.25) is 0 Å². The van der Waals surface area contributed by atoms with Crippen LogP contribution in [0, 0.1) is 21.4 Å². The molecule has 1 aromatic carbocycles. The SMILES string of the molecule is CCOC(=O)/C(C#N)=C\c1cc2c(cc1[N+](=O)[O-])OCO2. The van der Waals surface area contributed by atoms with Crippen LogP contribution < -0.4 is 9.47 Å². The van der Waals surface area contributed by atoms with Crippen LogP contribution >= 0.6 is 0 Å². The molecule has 0 radical (unpaired) electrons. The number of nitriles is 1. The van der Waals surface area contributed by atoms with Crippen LogP contribution in [-0.2, 0) is 9.53 Å². The van der Waals surface area contributed by atoms with Gasteiger partial charge in [-0.2, -0.15) is 5.26 Å². The van der Waals surface area contributed by atoms with Crippen LogP contribution in [0.5, 0.6) is 11.5 Å². The maximum atomic E-state index is 11.6. The van der Waals surface area contributed by atoms with Gasteiger partial charge in [-0.05, 0) is 19.1 Å². The van der Waals surface area contributed by atoms with E-state index in [-0.39, 0.29) is 36.0 Å². The van der Waals surface area contributed by atoms with Gasteiger partial charge in [0.1, 0.15) is 11.6 Å². The number of carbonyl (C=O) groups excluding carboxylic acids is 1. The quantitative estimate of drug-likeness (QED) is 0.273. The molecule has 0 unspecified atom stereocenters. The lowest BCUT2D eigenvalue weighted by Crippen LogP contribution is -2.06. The van der Waals surface area contributed by atoms with E-state index in [0.717, 1.165) is 6.08 Å². The van der Waals surface area contributed by atoms with E-state index >= 15 is 0 Å². The highest BCUT2D eigenvalue weighted by molar-refractivity contribution is 5.98. The molecular weight excluding hydrogens is 280 g/mol. The van der Waals surface area contributed by atoms with Crippen molar-refractivity contribution in [3.8, 4) is 17.6 Å². The molecule has 2 rings (SSSR count). The van der Waals surface area contributed by atoms with Crippen molar-refractivity contribution in [2.75, 3.05) is 13.4 Å². The average molecular weight is 290 g/mol. The minimum Gasteiger partial charge on any atom is -0.462 e. The standard InChI is InChI=1S/C13H10N2O6/c1-2-19-13(16)9(6-14)3-8-4-11-12(21-7-20-11)5-10(8)15(17)18/h3-5H,2,7H2,1H3/b9-3-. The van der Waals surface area contributed by atoms with E-state index in [0.29, 0.717) is 5.75 Å². The van der Waals surface area contributed by atoms with Crippen molar-refractivity contribution in [3.05, 3.63) is 33.4 Å². The second-order valence-corrected chi connectivity index (χ2v) is 3.91. The minimum absolute atomic E-state index is 0.0390. The van der Waals surface area contributed by atoms with E-state index < -0.39 is 10.9 Å². The Morgan fingerprint density at radius 1 is 1.52 bits per heavy atom. The molecule has 0 spiro atoms. The lowest BCUT2D eigenvalue weighted by molar-refractivity contribution is -0.385. The summed E-state index contributed by atoms with van der Waals surface area (Å²) in [5.74, 6) is -0.284. The first-order valence-corrected chi connectivity index (χ1v) is 5.93. The Balaban J connectivity index is 2.50. The fraction of sp³-hybridized carbons (Fsp3) is 0.231. The number of nitrogens with zero attached hydrogens (tertiary/aromatic N) is 2. The molecular formula is C13H10N2O6. The Morgan fingerprint density at radius 3 is 2.76 bits per heavy atom. The van der Waals surface area contributed by atoms with Gasteiger partial charge in [0.25, 0.3) is 5.69 Å². The lowest BCUT2D eigenvalue weighted by Gasteiger charge is -2.02. The summed E-state index contributed by atoms with van der Waals surface area (Å²) in [7, 11) is 0. The van der Waals surface area contributed by atoms with Gasteiger partial charge in [-0.25, -0.2) is 4.79 Å². The van der Waals surface area contributed by atoms with E-state index in [4.69, 9.17) is 19.5 Å². The highest BCUT2D eigenvalue weighted by Gasteiger charge is 2.23. The summed E-state index contributed by atoms with van der Waals surface area (Å²) in [6.45, 7) is 1.65. The summed E-state index contributed by atoms with van der Waals surface area (Å²) >= 11 is 0. The molecule has 0 aromatic heterocycles. The monoisotopic (exact) mass is 290 g/mol. The molecule has 108 valence electrons. The van der Waals surface area contributed by atoms with Crippen molar-refractivity contribution in [2.45, 2.75) is 6.92 Å². The molecule has 0 aliphatic carbocycles. The van der Waals surface area contributed by atoms with Crippen molar-refractivity contribution in [2.24, 2.45) is 0 Å². The summed E-state index contributed by atoms with van der Waals surface area (Å²) in [5, 5.41) is 20.0. The highest BCUT2D eigenvalue weighted by Crippen LogP contribution is 2.38. The fourth-order valence-electron chi connectivity index (χ4n) is 1.72. The lowest BCUT2D eigenvalue weighted by atomic mass is 10.1. The Labute approximate surface area is 119 Å². The third-order valence-electron chi connectivity index (χ3n) is 2.63. The maximum absolute atomic E-state index is 11.6.